The first kappa shape index (κ1) is 27.8. The Hall–Kier alpha value is -4.00. The van der Waals surface area contributed by atoms with Gasteiger partial charge in [-0.25, -0.2) is 0 Å². The smallest absolute Gasteiger partial charge is 0.130 e. The summed E-state index contributed by atoms with van der Waals surface area (Å²) < 4.78 is 36.4. The molecule has 1 aliphatic carbocycles. The van der Waals surface area contributed by atoms with Crippen LogP contribution in [0, 0.1) is 13.8 Å². The Morgan fingerprint density at radius 1 is 0.581 bits per heavy atom. The lowest BCUT2D eigenvalue weighted by Crippen LogP contribution is -2.31. The van der Waals surface area contributed by atoms with Gasteiger partial charge in [0.15, 0.2) is 0 Å². The molecule has 0 radical (unpaired) electrons. The zero-order valence-electron chi connectivity index (χ0n) is 25.3. The second-order valence-corrected chi connectivity index (χ2v) is 11.4. The van der Waals surface area contributed by atoms with E-state index in [4.69, 9.17) is 28.4 Å². The third kappa shape index (κ3) is 4.73. The molecule has 0 spiro atoms. The molecule has 3 aliphatic rings. The van der Waals surface area contributed by atoms with Gasteiger partial charge in [-0.3, -0.25) is 0 Å². The van der Waals surface area contributed by atoms with Gasteiger partial charge in [0, 0.05) is 22.3 Å². The second-order valence-electron chi connectivity index (χ2n) is 11.4. The van der Waals surface area contributed by atoms with Gasteiger partial charge in [0.1, 0.15) is 48.4 Å². The van der Waals surface area contributed by atoms with Crippen LogP contribution in [0.15, 0.2) is 72.8 Å². The molecule has 6 nitrogen and oxygen atoms in total. The lowest BCUT2D eigenvalue weighted by Gasteiger charge is -2.37. The molecule has 4 aromatic rings. The summed E-state index contributed by atoms with van der Waals surface area (Å²) in [6.07, 6.45) is 0.331. The van der Waals surface area contributed by atoms with Gasteiger partial charge in [0.05, 0.1) is 31.8 Å². The molecular formula is C37H38O6. The highest BCUT2D eigenvalue weighted by Gasteiger charge is 2.50. The molecule has 2 aliphatic heterocycles. The van der Waals surface area contributed by atoms with E-state index < -0.39 is 5.41 Å². The molecule has 2 fully saturated rings. The van der Waals surface area contributed by atoms with Gasteiger partial charge in [0.2, 0.25) is 0 Å². The third-order valence-corrected chi connectivity index (χ3v) is 8.70. The van der Waals surface area contributed by atoms with Gasteiger partial charge in [-0.1, -0.05) is 60.7 Å². The fourth-order valence-corrected chi connectivity index (χ4v) is 6.57. The maximum atomic E-state index is 6.55. The van der Waals surface area contributed by atoms with E-state index in [-0.39, 0.29) is 12.2 Å². The summed E-state index contributed by atoms with van der Waals surface area (Å²) in [6.45, 7) is 11.8. The van der Waals surface area contributed by atoms with E-state index in [9.17, 15) is 0 Å². The molecule has 43 heavy (non-hydrogen) atoms. The minimum atomic E-state index is -0.714. The SMILES string of the molecule is CCOc1c(C2(c3ccc(OCC4CO4)c(C)c3OCC)c3ccccc3-c3ccccc32)ccc(OCC2CO2)c1C. The summed E-state index contributed by atoms with van der Waals surface area (Å²) in [7, 11) is 0. The Labute approximate surface area is 253 Å². The molecule has 0 bridgehead atoms. The monoisotopic (exact) mass is 578 g/mol. The molecule has 2 atom stereocenters. The maximum Gasteiger partial charge on any atom is 0.130 e. The first-order valence-corrected chi connectivity index (χ1v) is 15.3. The first-order chi connectivity index (χ1) is 21.1. The molecule has 6 heteroatoms. The van der Waals surface area contributed by atoms with Crippen molar-refractivity contribution in [3.05, 3.63) is 106 Å². The molecule has 0 N–H and O–H groups in total. The molecular weight excluding hydrogens is 540 g/mol. The summed E-state index contributed by atoms with van der Waals surface area (Å²) in [6, 6.07) is 25.9. The van der Waals surface area contributed by atoms with Crippen LogP contribution < -0.4 is 18.9 Å². The van der Waals surface area contributed by atoms with Crippen LogP contribution in [-0.4, -0.2) is 51.8 Å². The fourth-order valence-electron chi connectivity index (χ4n) is 6.57. The Morgan fingerprint density at radius 2 is 1.00 bits per heavy atom. The van der Waals surface area contributed by atoms with Crippen LogP contribution in [0.1, 0.15) is 47.2 Å². The first-order valence-electron chi connectivity index (χ1n) is 15.3. The number of benzene rings is 4. The van der Waals surface area contributed by atoms with Gasteiger partial charge >= 0.3 is 0 Å². The van der Waals surface area contributed by atoms with E-state index >= 15 is 0 Å². The number of ether oxygens (including phenoxy) is 6. The van der Waals surface area contributed by atoms with Crippen molar-refractivity contribution >= 4 is 0 Å². The Bertz CT molecular complexity index is 1530. The van der Waals surface area contributed by atoms with E-state index in [0.717, 1.165) is 58.5 Å². The van der Waals surface area contributed by atoms with Gasteiger partial charge in [-0.2, -0.15) is 0 Å². The minimum absolute atomic E-state index is 0.165. The van der Waals surface area contributed by atoms with Gasteiger partial charge in [-0.05, 0) is 62.1 Å². The summed E-state index contributed by atoms with van der Waals surface area (Å²) >= 11 is 0. The average molecular weight is 579 g/mol. The normalized spacial score (nSPS) is 18.9. The predicted octanol–water partition coefficient (Wildman–Crippen LogP) is 7.02. The number of hydrogen-bond acceptors (Lipinski definition) is 6. The quantitative estimate of drug-likeness (QED) is 0.148. The van der Waals surface area contributed by atoms with Crippen LogP contribution in [0.4, 0.5) is 0 Å². The third-order valence-electron chi connectivity index (χ3n) is 8.70. The van der Waals surface area contributed by atoms with Gasteiger partial charge in [-0.15, -0.1) is 0 Å². The molecule has 4 aromatic carbocycles. The van der Waals surface area contributed by atoms with Crippen molar-refractivity contribution in [1.29, 1.82) is 0 Å². The maximum absolute atomic E-state index is 6.55. The Kier molecular flexibility index (Phi) is 7.28. The molecule has 0 saturated carbocycles. The van der Waals surface area contributed by atoms with Crippen LogP contribution in [0.5, 0.6) is 23.0 Å². The van der Waals surface area contributed by atoms with Crippen molar-refractivity contribution < 1.29 is 28.4 Å². The Balaban J connectivity index is 1.51. The molecule has 2 heterocycles. The van der Waals surface area contributed by atoms with Crippen LogP contribution >= 0.6 is 0 Å². The summed E-state index contributed by atoms with van der Waals surface area (Å²) in [5, 5.41) is 0. The Morgan fingerprint density at radius 3 is 1.40 bits per heavy atom. The molecule has 2 unspecified atom stereocenters. The van der Waals surface area contributed by atoms with E-state index in [2.05, 4.69) is 86.6 Å². The average Bonchev–Trinajstić information content (AvgIpc) is 3.97. The topological polar surface area (TPSA) is 62.0 Å². The van der Waals surface area contributed by atoms with E-state index in [1.807, 2.05) is 13.8 Å². The van der Waals surface area contributed by atoms with Crippen molar-refractivity contribution in [2.45, 2.75) is 45.3 Å². The lowest BCUT2D eigenvalue weighted by molar-refractivity contribution is 0.258. The molecule has 2 saturated heterocycles. The standard InChI is InChI=1S/C37H38O6/c1-5-38-35-23(3)33(42-21-25-19-40-25)17-15-31(35)37(29-13-9-7-11-27(29)28-12-8-10-14-30(28)37)32-16-18-34(43-22-26-20-41-26)24(4)36(32)39-6-2/h7-18,25-26H,5-6,19-22H2,1-4H3. The number of hydrogen-bond donors (Lipinski definition) is 0. The van der Waals surface area contributed by atoms with Crippen LogP contribution in [0.25, 0.3) is 11.1 Å². The highest BCUT2D eigenvalue weighted by atomic mass is 16.6. The minimum Gasteiger partial charge on any atom is -0.493 e. The van der Waals surface area contributed by atoms with Crippen molar-refractivity contribution in [2.24, 2.45) is 0 Å². The van der Waals surface area contributed by atoms with Gasteiger partial charge in [0.25, 0.3) is 0 Å². The second kappa shape index (κ2) is 11.3. The fraction of sp³-hybridized carbons (Fsp3) is 0.351. The predicted molar refractivity (Wildman–Crippen MR) is 166 cm³/mol. The van der Waals surface area contributed by atoms with E-state index in [0.29, 0.717) is 26.4 Å². The summed E-state index contributed by atoms with van der Waals surface area (Å²) in [5.41, 5.74) is 8.13. The van der Waals surface area contributed by atoms with Crippen LogP contribution in [0.3, 0.4) is 0 Å². The van der Waals surface area contributed by atoms with Crippen molar-refractivity contribution in [3.63, 3.8) is 0 Å². The van der Waals surface area contributed by atoms with E-state index in [1.165, 1.54) is 22.3 Å². The molecule has 0 amide bonds. The van der Waals surface area contributed by atoms with Crippen molar-refractivity contribution in [1.82, 2.24) is 0 Å². The molecule has 0 aromatic heterocycles. The molecule has 222 valence electrons. The zero-order valence-corrected chi connectivity index (χ0v) is 25.3. The van der Waals surface area contributed by atoms with Crippen molar-refractivity contribution in [2.75, 3.05) is 39.6 Å². The number of epoxide rings is 2. The number of rotatable bonds is 12. The highest BCUT2D eigenvalue weighted by molar-refractivity contribution is 5.88. The zero-order chi connectivity index (χ0) is 29.6. The van der Waals surface area contributed by atoms with Crippen molar-refractivity contribution in [3.8, 4) is 34.1 Å². The van der Waals surface area contributed by atoms with E-state index in [1.54, 1.807) is 0 Å². The highest BCUT2D eigenvalue weighted by Crippen LogP contribution is 2.61. The lowest BCUT2D eigenvalue weighted by atomic mass is 9.66. The van der Waals surface area contributed by atoms with Crippen LogP contribution in [-0.2, 0) is 14.9 Å². The molecule has 7 rings (SSSR count). The summed E-state index contributed by atoms with van der Waals surface area (Å²) in [5.74, 6) is 3.28. The van der Waals surface area contributed by atoms with Gasteiger partial charge < -0.3 is 28.4 Å². The van der Waals surface area contributed by atoms with Crippen LogP contribution in [0.2, 0.25) is 0 Å². The summed E-state index contributed by atoms with van der Waals surface area (Å²) in [4.78, 5) is 0. The largest absolute Gasteiger partial charge is 0.493 e. The number of fused-ring (bicyclic) bond motifs is 3.